The Hall–Kier alpha value is -3.15. The summed E-state index contributed by atoms with van der Waals surface area (Å²) in [4.78, 5) is 15.9. The molecule has 0 unspecified atom stereocenters. The van der Waals surface area contributed by atoms with Gasteiger partial charge >= 0.3 is 12.1 Å². The van der Waals surface area contributed by atoms with Crippen LogP contribution in [0.1, 0.15) is 11.1 Å². The number of nitrogens with zero attached hydrogens (tertiary/aromatic N) is 1. The van der Waals surface area contributed by atoms with Gasteiger partial charge in [-0.15, -0.1) is 0 Å². The van der Waals surface area contributed by atoms with Crippen LogP contribution in [0.3, 0.4) is 0 Å². The Morgan fingerprint density at radius 3 is 2.27 bits per heavy atom. The van der Waals surface area contributed by atoms with Gasteiger partial charge in [-0.3, -0.25) is 9.78 Å². The number of pyridine rings is 1. The highest BCUT2D eigenvalue weighted by molar-refractivity contribution is 5.76. The molecule has 0 aliphatic rings. The van der Waals surface area contributed by atoms with E-state index in [0.717, 1.165) is 12.1 Å². The molecule has 0 saturated heterocycles. The van der Waals surface area contributed by atoms with E-state index in [2.05, 4.69) is 4.98 Å². The van der Waals surface area contributed by atoms with Crippen molar-refractivity contribution in [2.75, 3.05) is 0 Å². The summed E-state index contributed by atoms with van der Waals surface area (Å²) in [5.41, 5.74) is 0.371. The first kappa shape index (κ1) is 17.7. The maximum atomic E-state index is 13.2. The van der Waals surface area contributed by atoms with Crippen LogP contribution in [-0.2, 0) is 17.4 Å². The zero-order valence-electron chi connectivity index (χ0n) is 13.5. The monoisotopic (exact) mass is 357 g/mol. The first-order valence-corrected chi connectivity index (χ1v) is 7.79. The van der Waals surface area contributed by atoms with Gasteiger partial charge in [0.1, 0.15) is 5.75 Å². The third-order valence-electron chi connectivity index (χ3n) is 3.66. The van der Waals surface area contributed by atoms with Crippen LogP contribution < -0.4 is 4.74 Å². The van der Waals surface area contributed by atoms with Gasteiger partial charge in [0, 0.05) is 12.4 Å². The van der Waals surface area contributed by atoms with E-state index < -0.39 is 17.7 Å². The Labute approximate surface area is 148 Å². The molecule has 1 heterocycles. The van der Waals surface area contributed by atoms with E-state index in [1.807, 2.05) is 0 Å². The summed E-state index contributed by atoms with van der Waals surface area (Å²) in [5, 5.41) is 0. The van der Waals surface area contributed by atoms with Crippen LogP contribution in [-0.4, -0.2) is 11.0 Å². The minimum Gasteiger partial charge on any atom is -0.426 e. The molecule has 0 fully saturated rings. The number of carbonyl (C=O) groups is 1. The van der Waals surface area contributed by atoms with Gasteiger partial charge in [-0.1, -0.05) is 24.3 Å². The molecule has 0 amide bonds. The minimum absolute atomic E-state index is 0.229. The second-order valence-electron chi connectivity index (χ2n) is 5.62. The van der Waals surface area contributed by atoms with Gasteiger partial charge < -0.3 is 4.74 Å². The Kier molecular flexibility index (Phi) is 5.02. The standard InChI is InChI=1S/C20H14F3NO2/c21-20(22,23)17-11-14(10-16(13-17)15-6-8-24-9-7-15)12-19(25)26-18-4-2-1-3-5-18/h1-11,13H,12H2. The number of rotatable bonds is 4. The molecule has 2 aromatic carbocycles. The fourth-order valence-electron chi connectivity index (χ4n) is 2.49. The summed E-state index contributed by atoms with van der Waals surface area (Å²) < 4.78 is 44.8. The van der Waals surface area contributed by atoms with E-state index in [-0.39, 0.29) is 12.0 Å². The predicted octanol–water partition coefficient (Wildman–Crippen LogP) is 4.92. The molecule has 3 aromatic rings. The van der Waals surface area contributed by atoms with Crippen molar-refractivity contribution in [2.45, 2.75) is 12.6 Å². The molecule has 0 spiro atoms. The van der Waals surface area contributed by atoms with Gasteiger partial charge in [-0.25, -0.2) is 0 Å². The van der Waals surface area contributed by atoms with Gasteiger partial charge in [0.2, 0.25) is 0 Å². The van der Waals surface area contributed by atoms with Crippen LogP contribution >= 0.6 is 0 Å². The summed E-state index contributed by atoms with van der Waals surface area (Å²) in [7, 11) is 0. The molecule has 1 aromatic heterocycles. The quantitative estimate of drug-likeness (QED) is 0.492. The maximum absolute atomic E-state index is 13.2. The summed E-state index contributed by atoms with van der Waals surface area (Å²) in [6, 6.07) is 15.2. The average molecular weight is 357 g/mol. The molecule has 0 aliphatic heterocycles. The molecule has 6 heteroatoms. The molecule has 132 valence electrons. The van der Waals surface area contributed by atoms with E-state index in [4.69, 9.17) is 4.74 Å². The Morgan fingerprint density at radius 1 is 0.923 bits per heavy atom. The largest absolute Gasteiger partial charge is 0.426 e. The van der Waals surface area contributed by atoms with Crippen molar-refractivity contribution >= 4 is 5.97 Å². The fourth-order valence-corrected chi connectivity index (χ4v) is 2.49. The Balaban J connectivity index is 1.89. The van der Waals surface area contributed by atoms with Crippen molar-refractivity contribution in [2.24, 2.45) is 0 Å². The van der Waals surface area contributed by atoms with Gasteiger partial charge in [-0.2, -0.15) is 13.2 Å². The van der Waals surface area contributed by atoms with E-state index in [0.29, 0.717) is 16.9 Å². The number of hydrogen-bond donors (Lipinski definition) is 0. The van der Waals surface area contributed by atoms with Crippen molar-refractivity contribution in [1.82, 2.24) is 4.98 Å². The van der Waals surface area contributed by atoms with Crippen LogP contribution in [0.5, 0.6) is 5.75 Å². The number of benzene rings is 2. The smallest absolute Gasteiger partial charge is 0.416 e. The predicted molar refractivity (Wildman–Crippen MR) is 90.5 cm³/mol. The first-order chi connectivity index (χ1) is 12.4. The molecule has 0 aliphatic carbocycles. The molecule has 0 bridgehead atoms. The normalized spacial score (nSPS) is 11.2. The molecule has 3 nitrogen and oxygen atoms in total. The van der Waals surface area contributed by atoms with Crippen molar-refractivity contribution in [1.29, 1.82) is 0 Å². The van der Waals surface area contributed by atoms with Gasteiger partial charge in [-0.05, 0) is 53.1 Å². The summed E-state index contributed by atoms with van der Waals surface area (Å²) in [5.74, 6) is -0.282. The number of hydrogen-bond acceptors (Lipinski definition) is 3. The lowest BCUT2D eigenvalue weighted by Crippen LogP contribution is -2.13. The van der Waals surface area contributed by atoms with E-state index in [1.165, 1.54) is 12.4 Å². The Morgan fingerprint density at radius 2 is 1.62 bits per heavy atom. The van der Waals surface area contributed by atoms with E-state index in [9.17, 15) is 18.0 Å². The molecule has 3 rings (SSSR count). The van der Waals surface area contributed by atoms with Crippen LogP contribution in [0.2, 0.25) is 0 Å². The third-order valence-corrected chi connectivity index (χ3v) is 3.66. The molecule has 26 heavy (non-hydrogen) atoms. The Bertz CT molecular complexity index is 894. The van der Waals surface area contributed by atoms with Crippen molar-refractivity contribution in [3.63, 3.8) is 0 Å². The number of aromatic nitrogens is 1. The number of alkyl halides is 3. The number of para-hydroxylation sites is 1. The van der Waals surface area contributed by atoms with Gasteiger partial charge in [0.25, 0.3) is 0 Å². The lowest BCUT2D eigenvalue weighted by atomic mass is 9.99. The van der Waals surface area contributed by atoms with E-state index in [1.54, 1.807) is 48.5 Å². The zero-order valence-corrected chi connectivity index (χ0v) is 13.5. The lowest BCUT2D eigenvalue weighted by Gasteiger charge is -2.12. The van der Waals surface area contributed by atoms with Gasteiger partial charge in [0.05, 0.1) is 12.0 Å². The molecular weight excluding hydrogens is 343 g/mol. The number of esters is 1. The molecule has 0 radical (unpaired) electrons. The number of ether oxygens (including phenoxy) is 1. The number of carbonyl (C=O) groups excluding carboxylic acids is 1. The molecule has 0 N–H and O–H groups in total. The highest BCUT2D eigenvalue weighted by Gasteiger charge is 2.31. The summed E-state index contributed by atoms with van der Waals surface area (Å²) in [6.07, 6.45) is -1.78. The van der Waals surface area contributed by atoms with E-state index >= 15 is 0 Å². The summed E-state index contributed by atoms with van der Waals surface area (Å²) in [6.45, 7) is 0. The molecular formula is C20H14F3NO2. The summed E-state index contributed by atoms with van der Waals surface area (Å²) >= 11 is 0. The lowest BCUT2D eigenvalue weighted by molar-refractivity contribution is -0.138. The average Bonchev–Trinajstić information content (AvgIpc) is 2.62. The van der Waals surface area contributed by atoms with Crippen LogP contribution in [0.15, 0.2) is 73.1 Å². The van der Waals surface area contributed by atoms with Crippen molar-refractivity contribution in [3.8, 4) is 16.9 Å². The second-order valence-corrected chi connectivity index (χ2v) is 5.62. The van der Waals surface area contributed by atoms with Crippen LogP contribution in [0.4, 0.5) is 13.2 Å². The highest BCUT2D eigenvalue weighted by atomic mass is 19.4. The zero-order chi connectivity index (χ0) is 18.6. The van der Waals surface area contributed by atoms with Crippen molar-refractivity contribution < 1.29 is 22.7 Å². The van der Waals surface area contributed by atoms with Crippen LogP contribution in [0, 0.1) is 0 Å². The third kappa shape index (κ3) is 4.47. The number of halogens is 3. The highest BCUT2D eigenvalue weighted by Crippen LogP contribution is 2.33. The first-order valence-electron chi connectivity index (χ1n) is 7.79. The topological polar surface area (TPSA) is 39.2 Å². The second kappa shape index (κ2) is 7.39. The van der Waals surface area contributed by atoms with Crippen molar-refractivity contribution in [3.05, 3.63) is 84.2 Å². The van der Waals surface area contributed by atoms with Gasteiger partial charge in [0.15, 0.2) is 0 Å². The SMILES string of the molecule is O=C(Cc1cc(-c2ccncc2)cc(C(F)(F)F)c1)Oc1ccccc1. The molecule has 0 atom stereocenters. The minimum atomic E-state index is -4.51. The van der Waals surface area contributed by atoms with Crippen LogP contribution in [0.25, 0.3) is 11.1 Å². The maximum Gasteiger partial charge on any atom is 0.416 e. The fraction of sp³-hybridized carbons (Fsp3) is 0.100. The molecule has 0 saturated carbocycles.